The number of ether oxygens (including phenoxy) is 2. The molecule has 0 saturated carbocycles. The maximum atomic E-state index is 13.6. The molecule has 9 nitrogen and oxygen atoms in total. The van der Waals surface area contributed by atoms with Crippen LogP contribution >= 0.6 is 11.6 Å². The number of methoxy groups -OCH3 is 1. The number of para-hydroxylation sites is 1. The van der Waals surface area contributed by atoms with Gasteiger partial charge >= 0.3 is 0 Å². The van der Waals surface area contributed by atoms with Crippen LogP contribution in [0.15, 0.2) is 77.7 Å². The van der Waals surface area contributed by atoms with Crippen LogP contribution in [0.25, 0.3) is 0 Å². The largest absolute Gasteiger partial charge is 0.497 e. The van der Waals surface area contributed by atoms with Crippen LogP contribution in [0.1, 0.15) is 23.2 Å². The third-order valence-electron chi connectivity index (χ3n) is 6.01. The highest BCUT2D eigenvalue weighted by Gasteiger charge is 2.28. The molecule has 0 bridgehead atoms. The molecule has 3 aromatic carbocycles. The quantitative estimate of drug-likeness (QED) is 0.388. The first-order chi connectivity index (χ1) is 18.3. The molecular formula is C27H28ClN3O6S. The van der Waals surface area contributed by atoms with Crippen LogP contribution in [0.5, 0.6) is 5.75 Å². The second-order valence-corrected chi connectivity index (χ2v) is 10.9. The van der Waals surface area contributed by atoms with Crippen molar-refractivity contribution in [3.63, 3.8) is 0 Å². The number of sulfonamides is 1. The monoisotopic (exact) mass is 557 g/mol. The molecule has 1 fully saturated rings. The first-order valence-corrected chi connectivity index (χ1v) is 13.8. The van der Waals surface area contributed by atoms with Crippen molar-refractivity contribution in [1.29, 1.82) is 0 Å². The van der Waals surface area contributed by atoms with Crippen LogP contribution in [0.3, 0.4) is 0 Å². The van der Waals surface area contributed by atoms with E-state index in [0.717, 1.165) is 17.1 Å². The van der Waals surface area contributed by atoms with Crippen LogP contribution in [-0.4, -0.2) is 53.1 Å². The van der Waals surface area contributed by atoms with E-state index in [0.29, 0.717) is 23.9 Å². The smallest absolute Gasteiger partial charge is 0.264 e. The molecule has 200 valence electrons. The summed E-state index contributed by atoms with van der Waals surface area (Å²) in [6.45, 7) is 0.504. The van der Waals surface area contributed by atoms with Crippen LogP contribution < -0.4 is 19.7 Å². The predicted molar refractivity (Wildman–Crippen MR) is 145 cm³/mol. The fraction of sp³-hybridized carbons (Fsp3) is 0.259. The normalized spacial score (nSPS) is 15.1. The van der Waals surface area contributed by atoms with Gasteiger partial charge in [0, 0.05) is 18.2 Å². The standard InChI is InChI=1S/C27H28ClN3O6S/c1-36-21-12-14-23(15-13-21)38(34,35)31(20-10-8-19(28)9-11-20)18-26(32)30-25-7-3-2-6-24(25)27(33)29-17-22-5-4-16-37-22/h2-3,6-15,22H,4-5,16-18H2,1H3,(H,29,33)(H,30,32)/t22-/m1/s1. The van der Waals surface area contributed by atoms with Crippen molar-refractivity contribution in [1.82, 2.24) is 5.32 Å². The van der Waals surface area contributed by atoms with Gasteiger partial charge in [-0.2, -0.15) is 0 Å². The molecule has 11 heteroatoms. The molecule has 0 aromatic heterocycles. The Hall–Kier alpha value is -3.60. The lowest BCUT2D eigenvalue weighted by Crippen LogP contribution is -2.38. The third-order valence-corrected chi connectivity index (χ3v) is 8.05. The van der Waals surface area contributed by atoms with E-state index in [1.165, 1.54) is 43.5 Å². The lowest BCUT2D eigenvalue weighted by molar-refractivity contribution is -0.114. The summed E-state index contributed by atoms with van der Waals surface area (Å²) in [7, 11) is -2.66. The topological polar surface area (TPSA) is 114 Å². The van der Waals surface area contributed by atoms with E-state index in [1.807, 2.05) is 0 Å². The van der Waals surface area contributed by atoms with Crippen molar-refractivity contribution < 1.29 is 27.5 Å². The molecule has 4 rings (SSSR count). The van der Waals surface area contributed by atoms with Crippen molar-refractivity contribution in [2.75, 3.05) is 36.4 Å². The molecule has 1 aliphatic heterocycles. The van der Waals surface area contributed by atoms with E-state index in [1.54, 1.807) is 36.4 Å². The molecule has 1 saturated heterocycles. The van der Waals surface area contributed by atoms with E-state index in [2.05, 4.69) is 10.6 Å². The van der Waals surface area contributed by atoms with Crippen molar-refractivity contribution in [2.45, 2.75) is 23.8 Å². The number of rotatable bonds is 10. The van der Waals surface area contributed by atoms with E-state index in [4.69, 9.17) is 21.1 Å². The number of nitrogens with one attached hydrogen (secondary N) is 2. The Balaban J connectivity index is 1.55. The number of hydrogen-bond donors (Lipinski definition) is 2. The Kier molecular flexibility index (Phi) is 8.88. The fourth-order valence-corrected chi connectivity index (χ4v) is 5.56. The Morgan fingerprint density at radius 3 is 2.42 bits per heavy atom. The highest BCUT2D eigenvalue weighted by molar-refractivity contribution is 7.92. The van der Waals surface area contributed by atoms with Gasteiger partial charge in [-0.25, -0.2) is 8.42 Å². The zero-order chi connectivity index (χ0) is 27.1. The fourth-order valence-electron chi connectivity index (χ4n) is 4.01. The van der Waals surface area contributed by atoms with Gasteiger partial charge in [0.1, 0.15) is 12.3 Å². The van der Waals surface area contributed by atoms with Crippen LogP contribution in [-0.2, 0) is 19.6 Å². The molecule has 1 aliphatic rings. The number of carbonyl (C=O) groups is 2. The maximum absolute atomic E-state index is 13.6. The van der Waals surface area contributed by atoms with Crippen molar-refractivity contribution in [3.05, 3.63) is 83.4 Å². The summed E-state index contributed by atoms with van der Waals surface area (Å²) in [5.41, 5.74) is 0.776. The van der Waals surface area contributed by atoms with Gasteiger partial charge in [0.2, 0.25) is 5.91 Å². The average Bonchev–Trinajstić information content (AvgIpc) is 3.45. The number of benzene rings is 3. The van der Waals surface area contributed by atoms with Gasteiger partial charge in [-0.15, -0.1) is 0 Å². The van der Waals surface area contributed by atoms with Crippen LogP contribution in [0.4, 0.5) is 11.4 Å². The first kappa shape index (κ1) is 27.4. The lowest BCUT2D eigenvalue weighted by Gasteiger charge is -2.24. The van der Waals surface area contributed by atoms with E-state index in [-0.39, 0.29) is 33.8 Å². The molecule has 38 heavy (non-hydrogen) atoms. The summed E-state index contributed by atoms with van der Waals surface area (Å²) in [6.07, 6.45) is 1.80. The van der Waals surface area contributed by atoms with Gasteiger partial charge in [-0.3, -0.25) is 13.9 Å². The SMILES string of the molecule is COc1ccc(S(=O)(=O)N(CC(=O)Nc2ccccc2C(=O)NC[C@H]2CCCO2)c2ccc(Cl)cc2)cc1. The molecule has 0 spiro atoms. The third kappa shape index (κ3) is 6.63. The van der Waals surface area contributed by atoms with E-state index >= 15 is 0 Å². The molecule has 0 aliphatic carbocycles. The molecule has 0 radical (unpaired) electrons. The van der Waals surface area contributed by atoms with Gasteiger partial charge in [0.05, 0.1) is 35.0 Å². The van der Waals surface area contributed by atoms with Gasteiger partial charge in [0.25, 0.3) is 15.9 Å². The number of carbonyl (C=O) groups excluding carboxylic acids is 2. The highest BCUT2D eigenvalue weighted by Crippen LogP contribution is 2.27. The maximum Gasteiger partial charge on any atom is 0.264 e. The Bertz CT molecular complexity index is 1370. The molecule has 3 aromatic rings. The molecule has 2 N–H and O–H groups in total. The average molecular weight is 558 g/mol. The summed E-state index contributed by atoms with van der Waals surface area (Å²) in [4.78, 5) is 26.0. The molecule has 2 amide bonds. The summed E-state index contributed by atoms with van der Waals surface area (Å²) in [5.74, 6) is -0.498. The number of amides is 2. The highest BCUT2D eigenvalue weighted by atomic mass is 35.5. The minimum atomic E-state index is -4.14. The Morgan fingerprint density at radius 1 is 1.05 bits per heavy atom. The summed E-state index contributed by atoms with van der Waals surface area (Å²) in [5, 5.41) is 5.95. The second-order valence-electron chi connectivity index (χ2n) is 8.60. The van der Waals surface area contributed by atoms with Gasteiger partial charge in [-0.05, 0) is 73.5 Å². The number of hydrogen-bond acceptors (Lipinski definition) is 6. The van der Waals surface area contributed by atoms with Gasteiger partial charge in [-0.1, -0.05) is 23.7 Å². The zero-order valence-corrected chi connectivity index (χ0v) is 22.3. The number of nitrogens with zero attached hydrogens (tertiary/aromatic N) is 1. The van der Waals surface area contributed by atoms with E-state index < -0.39 is 22.5 Å². The molecule has 1 atom stereocenters. The zero-order valence-electron chi connectivity index (χ0n) is 20.7. The lowest BCUT2D eigenvalue weighted by atomic mass is 10.1. The summed E-state index contributed by atoms with van der Waals surface area (Å²) >= 11 is 6.00. The Morgan fingerprint density at radius 2 is 1.76 bits per heavy atom. The summed E-state index contributed by atoms with van der Waals surface area (Å²) < 4.78 is 38.8. The molecular weight excluding hydrogens is 530 g/mol. The van der Waals surface area contributed by atoms with Crippen LogP contribution in [0, 0.1) is 0 Å². The van der Waals surface area contributed by atoms with Gasteiger partial charge in [0.15, 0.2) is 0 Å². The summed E-state index contributed by atoms with van der Waals surface area (Å²) in [6, 6.07) is 18.5. The number of halogens is 1. The van der Waals surface area contributed by atoms with Crippen molar-refractivity contribution in [3.8, 4) is 5.75 Å². The number of anilines is 2. The van der Waals surface area contributed by atoms with Crippen molar-refractivity contribution >= 4 is 44.8 Å². The Labute approximate surface area is 226 Å². The minimum absolute atomic E-state index is 0.0186. The minimum Gasteiger partial charge on any atom is -0.497 e. The molecule has 1 heterocycles. The second kappa shape index (κ2) is 12.3. The predicted octanol–water partition coefficient (Wildman–Crippen LogP) is 4.09. The van der Waals surface area contributed by atoms with Gasteiger partial charge < -0.3 is 20.1 Å². The van der Waals surface area contributed by atoms with Crippen LogP contribution in [0.2, 0.25) is 5.02 Å². The molecule has 0 unspecified atom stereocenters. The van der Waals surface area contributed by atoms with Crippen molar-refractivity contribution in [2.24, 2.45) is 0 Å². The van der Waals surface area contributed by atoms with E-state index in [9.17, 15) is 18.0 Å². The first-order valence-electron chi connectivity index (χ1n) is 12.0.